The molecule has 2 unspecified atom stereocenters. The Labute approximate surface area is 197 Å². The molecule has 0 saturated carbocycles. The van der Waals surface area contributed by atoms with Crippen LogP contribution in [0.4, 0.5) is 4.39 Å². The largest absolute Gasteiger partial charge is 0.454 e. The lowest BCUT2D eigenvalue weighted by molar-refractivity contribution is -0.125. The molecule has 3 aromatic rings. The predicted molar refractivity (Wildman–Crippen MR) is 124 cm³/mol. The van der Waals surface area contributed by atoms with E-state index in [2.05, 4.69) is 5.32 Å². The van der Waals surface area contributed by atoms with Gasteiger partial charge in [0.2, 0.25) is 12.7 Å². The van der Waals surface area contributed by atoms with E-state index < -0.39 is 5.92 Å². The maximum atomic E-state index is 13.3. The van der Waals surface area contributed by atoms with Gasteiger partial charge in [0.1, 0.15) is 5.82 Å². The van der Waals surface area contributed by atoms with Crippen LogP contribution in [0, 0.1) is 18.7 Å². The predicted octanol–water partition coefficient (Wildman–Crippen LogP) is 4.04. The Morgan fingerprint density at radius 3 is 2.47 bits per heavy atom. The Hall–Kier alpha value is -3.87. The minimum atomic E-state index is -0.402. The number of carbonyl (C=O) groups is 2. The molecule has 2 aliphatic heterocycles. The summed E-state index contributed by atoms with van der Waals surface area (Å²) in [6.45, 7) is 3.20. The lowest BCUT2D eigenvalue weighted by Crippen LogP contribution is -2.35. The second-order valence-corrected chi connectivity index (χ2v) is 8.75. The number of nitrogens with zero attached hydrogens (tertiary/aromatic N) is 1. The van der Waals surface area contributed by atoms with Crippen LogP contribution in [0.5, 0.6) is 11.5 Å². The van der Waals surface area contributed by atoms with E-state index in [0.29, 0.717) is 36.7 Å². The third kappa shape index (κ3) is 4.46. The summed E-state index contributed by atoms with van der Waals surface area (Å²) >= 11 is 0. The minimum absolute atomic E-state index is 0.129. The van der Waals surface area contributed by atoms with Crippen molar-refractivity contribution in [3.05, 3.63) is 94.8 Å². The minimum Gasteiger partial charge on any atom is -0.454 e. The summed E-state index contributed by atoms with van der Waals surface area (Å²) in [5.74, 6) is 0.0401. The zero-order valence-corrected chi connectivity index (χ0v) is 18.8. The molecule has 2 atom stereocenters. The van der Waals surface area contributed by atoms with E-state index in [1.807, 2.05) is 31.2 Å². The number of aryl methyl sites for hydroxylation is 1. The standard InChI is InChI=1S/C27H25FN2O4/c1-17-2-6-19(7-3-17)22-14-30(27(32)20-8-11-24-25(12-20)34-16-33-24)15-23(22)26(31)29-13-18-4-9-21(28)10-5-18/h2-12,22-23H,13-16H2,1H3,(H,29,31). The summed E-state index contributed by atoms with van der Waals surface area (Å²) in [6, 6.07) is 19.3. The first-order valence-corrected chi connectivity index (χ1v) is 11.3. The maximum Gasteiger partial charge on any atom is 0.254 e. The maximum absolute atomic E-state index is 13.3. The molecule has 2 heterocycles. The highest BCUT2D eigenvalue weighted by Crippen LogP contribution is 2.36. The smallest absolute Gasteiger partial charge is 0.254 e. The third-order valence-electron chi connectivity index (χ3n) is 6.45. The number of benzene rings is 3. The lowest BCUT2D eigenvalue weighted by atomic mass is 9.88. The van der Waals surface area contributed by atoms with Gasteiger partial charge < -0.3 is 19.7 Å². The van der Waals surface area contributed by atoms with E-state index in [9.17, 15) is 14.0 Å². The first-order valence-electron chi connectivity index (χ1n) is 11.3. The molecule has 0 aromatic heterocycles. The van der Waals surface area contributed by atoms with Crippen LogP contribution in [-0.4, -0.2) is 36.6 Å². The normalized spacial score (nSPS) is 18.7. The van der Waals surface area contributed by atoms with Gasteiger partial charge >= 0.3 is 0 Å². The molecule has 3 aromatic carbocycles. The van der Waals surface area contributed by atoms with E-state index in [4.69, 9.17) is 9.47 Å². The summed E-state index contributed by atoms with van der Waals surface area (Å²) in [5.41, 5.74) is 3.47. The molecule has 0 aliphatic carbocycles. The highest BCUT2D eigenvalue weighted by Gasteiger charge is 2.40. The molecule has 7 heteroatoms. The molecule has 5 rings (SSSR count). The second kappa shape index (κ2) is 9.17. The Morgan fingerprint density at radius 2 is 1.71 bits per heavy atom. The monoisotopic (exact) mass is 460 g/mol. The van der Waals surface area contributed by atoms with Crippen LogP contribution in [0.2, 0.25) is 0 Å². The summed E-state index contributed by atoms with van der Waals surface area (Å²) in [5, 5.41) is 2.97. The highest BCUT2D eigenvalue weighted by atomic mass is 19.1. The third-order valence-corrected chi connectivity index (χ3v) is 6.45. The van der Waals surface area contributed by atoms with Gasteiger partial charge in [-0.05, 0) is 48.4 Å². The van der Waals surface area contributed by atoms with E-state index in [1.54, 1.807) is 35.2 Å². The van der Waals surface area contributed by atoms with Crippen molar-refractivity contribution in [2.75, 3.05) is 19.9 Å². The summed E-state index contributed by atoms with van der Waals surface area (Å²) in [4.78, 5) is 28.3. The Morgan fingerprint density at radius 1 is 0.971 bits per heavy atom. The van der Waals surface area contributed by atoms with Crippen molar-refractivity contribution >= 4 is 11.8 Å². The number of halogens is 1. The van der Waals surface area contributed by atoms with Crippen LogP contribution < -0.4 is 14.8 Å². The first kappa shape index (κ1) is 21.9. The number of hydrogen-bond acceptors (Lipinski definition) is 4. The van der Waals surface area contributed by atoms with E-state index >= 15 is 0 Å². The molecular weight excluding hydrogens is 435 g/mol. The van der Waals surface area contributed by atoms with Crippen molar-refractivity contribution < 1.29 is 23.5 Å². The number of carbonyl (C=O) groups excluding carboxylic acids is 2. The number of ether oxygens (including phenoxy) is 2. The number of likely N-dealkylation sites (tertiary alicyclic amines) is 1. The highest BCUT2D eigenvalue weighted by molar-refractivity contribution is 5.96. The number of amides is 2. The fourth-order valence-electron chi connectivity index (χ4n) is 4.52. The van der Waals surface area contributed by atoms with Crippen molar-refractivity contribution in [2.45, 2.75) is 19.4 Å². The molecule has 1 fully saturated rings. The molecule has 174 valence electrons. The molecule has 1 saturated heterocycles. The topological polar surface area (TPSA) is 67.9 Å². The van der Waals surface area contributed by atoms with Crippen LogP contribution in [0.1, 0.15) is 33.0 Å². The summed E-state index contributed by atoms with van der Waals surface area (Å²) < 4.78 is 23.9. The van der Waals surface area contributed by atoms with Gasteiger partial charge in [0.15, 0.2) is 11.5 Å². The average Bonchev–Trinajstić information content (AvgIpc) is 3.50. The molecule has 34 heavy (non-hydrogen) atoms. The molecule has 0 bridgehead atoms. The van der Waals surface area contributed by atoms with Gasteiger partial charge in [-0.25, -0.2) is 4.39 Å². The van der Waals surface area contributed by atoms with Crippen molar-refractivity contribution in [1.29, 1.82) is 0 Å². The van der Waals surface area contributed by atoms with Crippen molar-refractivity contribution in [3.63, 3.8) is 0 Å². The van der Waals surface area contributed by atoms with Crippen molar-refractivity contribution in [3.8, 4) is 11.5 Å². The average molecular weight is 461 g/mol. The van der Waals surface area contributed by atoms with E-state index in [0.717, 1.165) is 16.7 Å². The van der Waals surface area contributed by atoms with Crippen LogP contribution in [0.3, 0.4) is 0 Å². The first-order chi connectivity index (χ1) is 16.5. The van der Waals surface area contributed by atoms with Gasteiger partial charge in [-0.1, -0.05) is 42.0 Å². The van der Waals surface area contributed by atoms with Crippen LogP contribution >= 0.6 is 0 Å². The zero-order chi connectivity index (χ0) is 23.7. The van der Waals surface area contributed by atoms with E-state index in [-0.39, 0.29) is 30.3 Å². The molecule has 0 radical (unpaired) electrons. The van der Waals surface area contributed by atoms with Gasteiger partial charge in [0.05, 0.1) is 5.92 Å². The molecule has 2 aliphatic rings. The van der Waals surface area contributed by atoms with Gasteiger partial charge in [-0.2, -0.15) is 0 Å². The summed E-state index contributed by atoms with van der Waals surface area (Å²) in [7, 11) is 0. The van der Waals surface area contributed by atoms with Crippen LogP contribution in [0.15, 0.2) is 66.7 Å². The van der Waals surface area contributed by atoms with Gasteiger partial charge in [0.25, 0.3) is 5.91 Å². The Kier molecular flexibility index (Phi) is 5.92. The van der Waals surface area contributed by atoms with E-state index in [1.165, 1.54) is 12.1 Å². The van der Waals surface area contributed by atoms with Gasteiger partial charge in [-0.15, -0.1) is 0 Å². The Bertz CT molecular complexity index is 1210. The Balaban J connectivity index is 1.35. The molecule has 6 nitrogen and oxygen atoms in total. The molecule has 0 spiro atoms. The zero-order valence-electron chi connectivity index (χ0n) is 18.8. The fraction of sp³-hybridized carbons (Fsp3) is 0.259. The quantitative estimate of drug-likeness (QED) is 0.624. The van der Waals surface area contributed by atoms with Gasteiger partial charge in [0, 0.05) is 31.1 Å². The van der Waals surface area contributed by atoms with Crippen molar-refractivity contribution in [2.24, 2.45) is 5.92 Å². The number of rotatable bonds is 5. The second-order valence-electron chi connectivity index (χ2n) is 8.75. The van der Waals surface area contributed by atoms with Crippen LogP contribution in [0.25, 0.3) is 0 Å². The number of hydrogen-bond donors (Lipinski definition) is 1. The fourth-order valence-corrected chi connectivity index (χ4v) is 4.52. The number of fused-ring (bicyclic) bond motifs is 1. The van der Waals surface area contributed by atoms with Gasteiger partial charge in [-0.3, -0.25) is 9.59 Å². The van der Waals surface area contributed by atoms with Crippen molar-refractivity contribution in [1.82, 2.24) is 10.2 Å². The lowest BCUT2D eigenvalue weighted by Gasteiger charge is -2.18. The molecule has 1 N–H and O–H groups in total. The molecule has 2 amide bonds. The SMILES string of the molecule is Cc1ccc(C2CN(C(=O)c3ccc4c(c3)OCO4)CC2C(=O)NCc2ccc(F)cc2)cc1. The molecular formula is C27H25FN2O4. The summed E-state index contributed by atoms with van der Waals surface area (Å²) in [6.07, 6.45) is 0. The number of nitrogens with one attached hydrogen (secondary N) is 1. The van der Waals surface area contributed by atoms with Crippen LogP contribution in [-0.2, 0) is 11.3 Å².